The molecule has 0 saturated heterocycles. The van der Waals surface area contributed by atoms with E-state index in [2.05, 4.69) is 21.2 Å². The van der Waals surface area contributed by atoms with Gasteiger partial charge in [0.1, 0.15) is 0 Å². The molecule has 0 atom stereocenters. The highest BCUT2D eigenvalue weighted by atomic mass is 79.9. The number of benzene rings is 1. The van der Waals surface area contributed by atoms with Gasteiger partial charge in [-0.2, -0.15) is 0 Å². The third kappa shape index (κ3) is 5.60. The van der Waals surface area contributed by atoms with Crippen molar-refractivity contribution in [3.8, 4) is 0 Å². The van der Waals surface area contributed by atoms with Gasteiger partial charge in [0, 0.05) is 30.7 Å². The van der Waals surface area contributed by atoms with Crippen LogP contribution in [0.3, 0.4) is 0 Å². The van der Waals surface area contributed by atoms with Crippen LogP contribution < -0.4 is 5.32 Å². The number of nitrogens with one attached hydrogen (secondary N) is 1. The third-order valence-corrected chi connectivity index (χ3v) is 5.31. The summed E-state index contributed by atoms with van der Waals surface area (Å²) in [6.07, 6.45) is 0. The highest BCUT2D eigenvalue weighted by molar-refractivity contribution is 9.10. The van der Waals surface area contributed by atoms with Gasteiger partial charge >= 0.3 is 0 Å². The predicted molar refractivity (Wildman–Crippen MR) is 82.5 cm³/mol. The normalized spacial score (nSPS) is 12.3. The van der Waals surface area contributed by atoms with Crippen LogP contribution >= 0.6 is 15.9 Å². The number of hydrogen-bond acceptors (Lipinski definition) is 3. The molecule has 1 aromatic carbocycles. The minimum Gasteiger partial charge on any atom is -0.313 e. The minimum atomic E-state index is -3.22. The Bertz CT molecular complexity index is 503. The molecule has 0 saturated carbocycles. The van der Waals surface area contributed by atoms with Gasteiger partial charge in [0.15, 0.2) is 0 Å². The zero-order valence-corrected chi connectivity index (χ0v) is 14.0. The van der Waals surface area contributed by atoms with Crippen molar-refractivity contribution >= 4 is 26.0 Å². The summed E-state index contributed by atoms with van der Waals surface area (Å²) < 4.78 is 26.5. The molecule has 0 radical (unpaired) electrons. The van der Waals surface area contributed by atoms with E-state index in [4.69, 9.17) is 0 Å². The Morgan fingerprint density at radius 3 is 2.53 bits per heavy atom. The number of halogens is 1. The summed E-state index contributed by atoms with van der Waals surface area (Å²) >= 11 is 3.43. The molecular formula is C13H21BrN2O2S. The zero-order chi connectivity index (χ0) is 14.5. The Kier molecular flexibility index (Phi) is 6.46. The molecule has 0 bridgehead atoms. The summed E-state index contributed by atoms with van der Waals surface area (Å²) in [6.45, 7) is 4.85. The Hall–Kier alpha value is -0.430. The number of sulfonamides is 1. The molecule has 4 nitrogen and oxygen atoms in total. The second-order valence-electron chi connectivity index (χ2n) is 4.77. The molecule has 6 heteroatoms. The molecule has 0 aliphatic carbocycles. The first-order chi connectivity index (χ1) is 8.83. The molecular weight excluding hydrogens is 328 g/mol. The topological polar surface area (TPSA) is 49.4 Å². The molecule has 0 unspecified atom stereocenters. The highest BCUT2D eigenvalue weighted by Gasteiger charge is 2.18. The molecule has 0 amide bonds. The van der Waals surface area contributed by atoms with Gasteiger partial charge in [-0.15, -0.1) is 0 Å². The van der Waals surface area contributed by atoms with Crippen LogP contribution in [-0.4, -0.2) is 38.1 Å². The number of nitrogens with zero attached hydrogens (tertiary/aromatic N) is 1. The molecule has 0 aromatic heterocycles. The summed E-state index contributed by atoms with van der Waals surface area (Å²) in [5.41, 5.74) is 0.963. The summed E-state index contributed by atoms with van der Waals surface area (Å²) in [5.74, 6) is 0.117. The fraction of sp³-hybridized carbons (Fsp3) is 0.538. The molecule has 0 fully saturated rings. The second-order valence-corrected chi connectivity index (χ2v) is 7.82. The molecule has 108 valence electrons. The van der Waals surface area contributed by atoms with Crippen molar-refractivity contribution < 1.29 is 8.42 Å². The predicted octanol–water partition coefficient (Wildman–Crippen LogP) is 2.21. The van der Waals surface area contributed by atoms with E-state index in [-0.39, 0.29) is 5.75 Å². The van der Waals surface area contributed by atoms with Gasteiger partial charge in [0.25, 0.3) is 0 Å². The monoisotopic (exact) mass is 348 g/mol. The zero-order valence-electron chi connectivity index (χ0n) is 11.6. The Morgan fingerprint density at radius 2 is 1.95 bits per heavy atom. The number of rotatable bonds is 7. The first-order valence-corrected chi connectivity index (χ1v) is 8.64. The van der Waals surface area contributed by atoms with Gasteiger partial charge in [0.05, 0.1) is 5.75 Å². The maximum atomic E-state index is 12.1. The minimum absolute atomic E-state index is 0.117. The van der Waals surface area contributed by atoms with Gasteiger partial charge in [0.2, 0.25) is 10.0 Å². The van der Waals surface area contributed by atoms with Crippen LogP contribution in [0.4, 0.5) is 0 Å². The van der Waals surface area contributed by atoms with Crippen LogP contribution in [0.1, 0.15) is 19.4 Å². The molecule has 1 aromatic rings. The van der Waals surface area contributed by atoms with Gasteiger partial charge in [-0.1, -0.05) is 48.0 Å². The standard InChI is InChI=1S/C13H21BrN2O2S/c1-11(2)15-8-9-19(17,18)16(3)10-12-6-4-5-7-13(12)14/h4-7,11,15H,8-10H2,1-3H3. The van der Waals surface area contributed by atoms with Crippen LogP contribution in [0.25, 0.3) is 0 Å². The van der Waals surface area contributed by atoms with E-state index in [1.54, 1.807) is 7.05 Å². The van der Waals surface area contributed by atoms with E-state index in [9.17, 15) is 8.42 Å². The Labute approximate surface area is 124 Å². The lowest BCUT2D eigenvalue weighted by Gasteiger charge is -2.18. The third-order valence-electron chi connectivity index (χ3n) is 2.74. The van der Waals surface area contributed by atoms with E-state index < -0.39 is 10.0 Å². The van der Waals surface area contributed by atoms with Crippen molar-refractivity contribution in [1.82, 2.24) is 9.62 Å². The lowest BCUT2D eigenvalue weighted by Crippen LogP contribution is -2.35. The van der Waals surface area contributed by atoms with Crippen molar-refractivity contribution in [1.29, 1.82) is 0 Å². The number of hydrogen-bond donors (Lipinski definition) is 1. The van der Waals surface area contributed by atoms with E-state index in [0.29, 0.717) is 19.1 Å². The average molecular weight is 349 g/mol. The lowest BCUT2D eigenvalue weighted by molar-refractivity contribution is 0.463. The summed E-state index contributed by atoms with van der Waals surface area (Å²) in [7, 11) is -1.61. The molecule has 0 aliphatic heterocycles. The summed E-state index contributed by atoms with van der Waals surface area (Å²) in [4.78, 5) is 0. The van der Waals surface area contributed by atoms with Crippen LogP contribution in [0.2, 0.25) is 0 Å². The Morgan fingerprint density at radius 1 is 1.32 bits per heavy atom. The molecule has 1 N–H and O–H groups in total. The van der Waals surface area contributed by atoms with Crippen molar-refractivity contribution in [3.63, 3.8) is 0 Å². The SMILES string of the molecule is CC(C)NCCS(=O)(=O)N(C)Cc1ccccc1Br. The van der Waals surface area contributed by atoms with Crippen molar-refractivity contribution in [2.75, 3.05) is 19.3 Å². The maximum Gasteiger partial charge on any atom is 0.215 e. The Balaban J connectivity index is 2.61. The fourth-order valence-electron chi connectivity index (χ4n) is 1.60. The quantitative estimate of drug-likeness (QED) is 0.821. The first kappa shape index (κ1) is 16.6. The fourth-order valence-corrected chi connectivity index (χ4v) is 3.03. The van der Waals surface area contributed by atoms with Gasteiger partial charge in [-0.25, -0.2) is 12.7 Å². The van der Waals surface area contributed by atoms with E-state index in [1.165, 1.54) is 4.31 Å². The molecule has 19 heavy (non-hydrogen) atoms. The summed E-state index contributed by atoms with van der Waals surface area (Å²) in [6, 6.07) is 7.94. The van der Waals surface area contributed by atoms with Crippen molar-refractivity contribution in [2.45, 2.75) is 26.4 Å². The van der Waals surface area contributed by atoms with Crippen LogP contribution in [0.15, 0.2) is 28.7 Å². The summed E-state index contributed by atoms with van der Waals surface area (Å²) in [5, 5.41) is 3.12. The molecule has 0 spiro atoms. The molecule has 0 heterocycles. The lowest BCUT2D eigenvalue weighted by atomic mass is 10.2. The molecule has 1 rings (SSSR count). The second kappa shape index (κ2) is 7.38. The average Bonchev–Trinajstić information content (AvgIpc) is 2.31. The maximum absolute atomic E-state index is 12.1. The largest absolute Gasteiger partial charge is 0.313 e. The van der Waals surface area contributed by atoms with Crippen molar-refractivity contribution in [3.05, 3.63) is 34.3 Å². The van der Waals surface area contributed by atoms with Gasteiger partial charge in [-0.05, 0) is 11.6 Å². The van der Waals surface area contributed by atoms with E-state index in [1.807, 2.05) is 38.1 Å². The van der Waals surface area contributed by atoms with Crippen LogP contribution in [0, 0.1) is 0 Å². The van der Waals surface area contributed by atoms with Crippen molar-refractivity contribution in [2.24, 2.45) is 0 Å². The van der Waals surface area contributed by atoms with Gasteiger partial charge < -0.3 is 5.32 Å². The highest BCUT2D eigenvalue weighted by Crippen LogP contribution is 2.18. The first-order valence-electron chi connectivity index (χ1n) is 6.23. The van der Waals surface area contributed by atoms with E-state index >= 15 is 0 Å². The van der Waals surface area contributed by atoms with Gasteiger partial charge in [-0.3, -0.25) is 0 Å². The van der Waals surface area contributed by atoms with Crippen LogP contribution in [0.5, 0.6) is 0 Å². The van der Waals surface area contributed by atoms with Crippen LogP contribution in [-0.2, 0) is 16.6 Å². The smallest absolute Gasteiger partial charge is 0.215 e. The molecule has 0 aliphatic rings. The van der Waals surface area contributed by atoms with E-state index in [0.717, 1.165) is 10.0 Å².